The number of hydrogen-bond acceptors (Lipinski definition) is 1. The lowest BCUT2D eigenvalue weighted by molar-refractivity contribution is -0.137. The molecule has 0 unspecified atom stereocenters. The average molecular weight is 243 g/mol. The second-order valence-corrected chi connectivity index (χ2v) is 4.74. The van der Waals surface area contributed by atoms with Crippen LogP contribution in [0.5, 0.6) is 0 Å². The molecule has 0 N–H and O–H groups in total. The maximum absolute atomic E-state index is 12.4. The summed E-state index contributed by atoms with van der Waals surface area (Å²) in [6, 6.07) is 5.46. The van der Waals surface area contributed by atoms with E-state index in [0.717, 1.165) is 37.3 Å². The van der Waals surface area contributed by atoms with Crippen LogP contribution in [0.3, 0.4) is 0 Å². The molecule has 0 aromatic heterocycles. The monoisotopic (exact) mass is 243 g/mol. The highest BCUT2D eigenvalue weighted by molar-refractivity contribution is 5.48. The predicted octanol–water partition coefficient (Wildman–Crippen LogP) is 3.94. The number of hydrogen-bond donors (Lipinski definition) is 0. The lowest BCUT2D eigenvalue weighted by atomic mass is 9.99. The Labute approximate surface area is 99.2 Å². The fourth-order valence-corrected chi connectivity index (χ4v) is 2.29. The maximum Gasteiger partial charge on any atom is 0.416 e. The Morgan fingerprint density at radius 2 is 1.82 bits per heavy atom. The van der Waals surface area contributed by atoms with Crippen LogP contribution in [0.2, 0.25) is 0 Å². The van der Waals surface area contributed by atoms with E-state index >= 15 is 0 Å². The molecule has 1 aliphatic rings. The number of halogens is 3. The van der Waals surface area contributed by atoms with Crippen LogP contribution in [-0.4, -0.2) is 13.1 Å². The van der Waals surface area contributed by atoms with Crippen LogP contribution in [0.25, 0.3) is 0 Å². The molecule has 0 saturated carbocycles. The zero-order chi connectivity index (χ0) is 12.5. The molecule has 0 spiro atoms. The van der Waals surface area contributed by atoms with Gasteiger partial charge in [-0.3, -0.25) is 0 Å². The van der Waals surface area contributed by atoms with E-state index in [9.17, 15) is 13.2 Å². The van der Waals surface area contributed by atoms with Crippen molar-refractivity contribution >= 4 is 5.69 Å². The Balaban J connectivity index is 2.12. The van der Waals surface area contributed by atoms with Gasteiger partial charge in [0.1, 0.15) is 0 Å². The van der Waals surface area contributed by atoms with Crippen LogP contribution >= 0.6 is 0 Å². The lowest BCUT2D eigenvalue weighted by Gasteiger charge is -2.32. The van der Waals surface area contributed by atoms with Crippen molar-refractivity contribution < 1.29 is 13.2 Å². The third-order valence-electron chi connectivity index (χ3n) is 3.22. The van der Waals surface area contributed by atoms with E-state index in [1.54, 1.807) is 12.1 Å². The number of rotatable bonds is 1. The van der Waals surface area contributed by atoms with Gasteiger partial charge in [0.25, 0.3) is 0 Å². The van der Waals surface area contributed by atoms with E-state index in [1.807, 2.05) is 0 Å². The number of piperidine rings is 1. The van der Waals surface area contributed by atoms with Crippen LogP contribution in [0, 0.1) is 5.92 Å². The van der Waals surface area contributed by atoms with Gasteiger partial charge in [-0.15, -0.1) is 0 Å². The molecule has 1 fully saturated rings. The van der Waals surface area contributed by atoms with Crippen molar-refractivity contribution in [3.05, 3.63) is 29.8 Å². The first-order valence-electron chi connectivity index (χ1n) is 5.89. The molecule has 0 aliphatic carbocycles. The van der Waals surface area contributed by atoms with E-state index in [2.05, 4.69) is 11.8 Å². The van der Waals surface area contributed by atoms with Crippen molar-refractivity contribution in [2.75, 3.05) is 18.0 Å². The van der Waals surface area contributed by atoms with Crippen LogP contribution in [0.1, 0.15) is 25.3 Å². The molecule has 1 aromatic carbocycles. The Morgan fingerprint density at radius 1 is 1.18 bits per heavy atom. The molecule has 94 valence electrons. The predicted molar refractivity (Wildman–Crippen MR) is 62.1 cm³/mol. The number of anilines is 1. The van der Waals surface area contributed by atoms with Gasteiger partial charge >= 0.3 is 6.18 Å². The molecule has 1 nitrogen and oxygen atoms in total. The first-order chi connectivity index (χ1) is 7.97. The number of nitrogens with zero attached hydrogens (tertiary/aromatic N) is 1. The SMILES string of the molecule is C[C@H]1CCCN(c2ccc(C(F)(F)F)cc2)C1. The van der Waals surface area contributed by atoms with Crippen LogP contribution < -0.4 is 4.90 Å². The summed E-state index contributed by atoms with van der Waals surface area (Å²) in [6.45, 7) is 4.05. The molecule has 0 bridgehead atoms. The fraction of sp³-hybridized carbons (Fsp3) is 0.538. The molecular weight excluding hydrogens is 227 g/mol. The summed E-state index contributed by atoms with van der Waals surface area (Å²) >= 11 is 0. The quantitative estimate of drug-likeness (QED) is 0.722. The van der Waals surface area contributed by atoms with Crippen molar-refractivity contribution in [1.29, 1.82) is 0 Å². The molecule has 4 heteroatoms. The summed E-state index contributed by atoms with van der Waals surface area (Å²) < 4.78 is 37.2. The zero-order valence-corrected chi connectivity index (χ0v) is 9.80. The molecule has 1 atom stereocenters. The first kappa shape index (κ1) is 12.3. The Kier molecular flexibility index (Phi) is 3.31. The highest BCUT2D eigenvalue weighted by Gasteiger charge is 2.30. The molecule has 1 heterocycles. The summed E-state index contributed by atoms with van der Waals surface area (Å²) in [5, 5.41) is 0. The van der Waals surface area contributed by atoms with Gasteiger partial charge in [-0.05, 0) is 43.0 Å². The Hall–Kier alpha value is -1.19. The third kappa shape index (κ3) is 2.93. The second kappa shape index (κ2) is 4.59. The highest BCUT2D eigenvalue weighted by Crippen LogP contribution is 2.31. The second-order valence-electron chi connectivity index (χ2n) is 4.74. The zero-order valence-electron chi connectivity index (χ0n) is 9.80. The normalized spacial score (nSPS) is 21.6. The maximum atomic E-state index is 12.4. The van der Waals surface area contributed by atoms with Gasteiger partial charge in [-0.2, -0.15) is 13.2 Å². The van der Waals surface area contributed by atoms with Gasteiger partial charge in [0, 0.05) is 18.8 Å². The summed E-state index contributed by atoms with van der Waals surface area (Å²) in [6.07, 6.45) is -1.92. The third-order valence-corrected chi connectivity index (χ3v) is 3.22. The van der Waals surface area contributed by atoms with E-state index in [-0.39, 0.29) is 0 Å². The summed E-state index contributed by atoms with van der Waals surface area (Å²) in [5.74, 6) is 0.617. The minimum Gasteiger partial charge on any atom is -0.371 e. The topological polar surface area (TPSA) is 3.24 Å². The summed E-state index contributed by atoms with van der Waals surface area (Å²) in [7, 11) is 0. The first-order valence-corrected chi connectivity index (χ1v) is 5.89. The minimum absolute atomic E-state index is 0.577. The van der Waals surface area contributed by atoms with E-state index in [1.165, 1.54) is 6.42 Å². The van der Waals surface area contributed by atoms with Gasteiger partial charge in [0.15, 0.2) is 0 Å². The van der Waals surface area contributed by atoms with Crippen molar-refractivity contribution in [2.45, 2.75) is 25.9 Å². The molecule has 1 aromatic rings. The summed E-state index contributed by atoms with van der Waals surface area (Å²) in [5.41, 5.74) is 0.316. The lowest BCUT2D eigenvalue weighted by Crippen LogP contribution is -2.34. The molecule has 2 rings (SSSR count). The minimum atomic E-state index is -4.24. The van der Waals surface area contributed by atoms with Gasteiger partial charge in [-0.25, -0.2) is 0 Å². The molecule has 0 amide bonds. The van der Waals surface area contributed by atoms with Gasteiger partial charge < -0.3 is 4.90 Å². The van der Waals surface area contributed by atoms with Gasteiger partial charge in [0.05, 0.1) is 5.56 Å². The Bertz CT molecular complexity index is 369. The molecule has 1 saturated heterocycles. The molecule has 1 aliphatic heterocycles. The van der Waals surface area contributed by atoms with E-state index < -0.39 is 11.7 Å². The highest BCUT2D eigenvalue weighted by atomic mass is 19.4. The van der Waals surface area contributed by atoms with Crippen molar-refractivity contribution in [3.63, 3.8) is 0 Å². The number of benzene rings is 1. The van der Waals surface area contributed by atoms with E-state index in [4.69, 9.17) is 0 Å². The van der Waals surface area contributed by atoms with Crippen molar-refractivity contribution in [3.8, 4) is 0 Å². The molecular formula is C13H16F3N. The average Bonchev–Trinajstić information content (AvgIpc) is 2.28. The van der Waals surface area contributed by atoms with Crippen LogP contribution in [0.15, 0.2) is 24.3 Å². The molecule has 17 heavy (non-hydrogen) atoms. The van der Waals surface area contributed by atoms with Crippen LogP contribution in [-0.2, 0) is 6.18 Å². The van der Waals surface area contributed by atoms with Crippen molar-refractivity contribution in [2.24, 2.45) is 5.92 Å². The largest absolute Gasteiger partial charge is 0.416 e. The fourth-order valence-electron chi connectivity index (χ4n) is 2.29. The van der Waals surface area contributed by atoms with E-state index in [0.29, 0.717) is 5.92 Å². The van der Waals surface area contributed by atoms with Gasteiger partial charge in [0.2, 0.25) is 0 Å². The van der Waals surface area contributed by atoms with Crippen molar-refractivity contribution in [1.82, 2.24) is 0 Å². The standard InChI is InChI=1S/C13H16F3N/c1-10-3-2-8-17(9-10)12-6-4-11(5-7-12)13(14,15)16/h4-7,10H,2-3,8-9H2,1H3/t10-/m0/s1. The molecule has 0 radical (unpaired) electrons. The Morgan fingerprint density at radius 3 is 2.35 bits per heavy atom. The smallest absolute Gasteiger partial charge is 0.371 e. The van der Waals surface area contributed by atoms with Crippen LogP contribution in [0.4, 0.5) is 18.9 Å². The summed E-state index contributed by atoms with van der Waals surface area (Å²) in [4.78, 5) is 2.16. The number of alkyl halides is 3. The van der Waals surface area contributed by atoms with Gasteiger partial charge in [-0.1, -0.05) is 6.92 Å².